The van der Waals surface area contributed by atoms with Crippen molar-refractivity contribution in [2.24, 2.45) is 5.73 Å². The molecule has 0 saturated carbocycles. The molecule has 2 aromatic heterocycles. The van der Waals surface area contributed by atoms with Crippen molar-refractivity contribution in [3.63, 3.8) is 0 Å². The van der Waals surface area contributed by atoms with Crippen LogP contribution in [-0.2, 0) is 11.0 Å². The molecule has 3 heterocycles. The van der Waals surface area contributed by atoms with Crippen LogP contribution in [0, 0.1) is 0 Å². The molecule has 8 nitrogen and oxygen atoms in total. The predicted molar refractivity (Wildman–Crippen MR) is 88.7 cm³/mol. The van der Waals surface area contributed by atoms with Crippen LogP contribution >= 0.6 is 0 Å². The number of primary amides is 1. The van der Waals surface area contributed by atoms with Gasteiger partial charge in [0.15, 0.2) is 5.65 Å². The van der Waals surface area contributed by atoms with Crippen molar-refractivity contribution in [1.82, 2.24) is 24.8 Å². The summed E-state index contributed by atoms with van der Waals surface area (Å²) in [5.74, 6) is -0.294. The number of aromatic nitrogens is 3. The van der Waals surface area contributed by atoms with Gasteiger partial charge in [0.25, 0.3) is 0 Å². The van der Waals surface area contributed by atoms with E-state index in [0.717, 1.165) is 18.7 Å². The molecule has 3 N–H and O–H groups in total. The first kappa shape index (κ1) is 19.1. The van der Waals surface area contributed by atoms with E-state index < -0.39 is 29.7 Å². The van der Waals surface area contributed by atoms with Crippen LogP contribution < -0.4 is 11.1 Å². The van der Waals surface area contributed by atoms with E-state index in [1.807, 2.05) is 10.2 Å². The number of pyridine rings is 1. The molecule has 11 heteroatoms. The predicted octanol–water partition coefficient (Wildman–Crippen LogP) is 1.51. The number of carbonyl (C=O) groups excluding carboxylic acids is 2. The van der Waals surface area contributed by atoms with Crippen LogP contribution in [-0.4, -0.2) is 50.6 Å². The molecule has 1 fully saturated rings. The first-order valence-corrected chi connectivity index (χ1v) is 8.43. The molecule has 1 saturated heterocycles. The Kier molecular flexibility index (Phi) is 5.05. The molecule has 2 atom stereocenters. The van der Waals surface area contributed by atoms with E-state index in [-0.39, 0.29) is 5.92 Å². The number of nitrogens with one attached hydrogen (secondary N) is 1. The lowest BCUT2D eigenvalue weighted by Crippen LogP contribution is -2.51. The van der Waals surface area contributed by atoms with E-state index in [9.17, 15) is 22.8 Å². The highest BCUT2D eigenvalue weighted by Crippen LogP contribution is 2.31. The second kappa shape index (κ2) is 7.14. The lowest BCUT2D eigenvalue weighted by Gasteiger charge is -2.35. The zero-order valence-corrected chi connectivity index (χ0v) is 14.5. The first-order chi connectivity index (χ1) is 12.7. The zero-order valence-electron chi connectivity index (χ0n) is 14.5. The largest absolute Gasteiger partial charge is 0.417 e. The molecule has 0 aromatic carbocycles. The number of halogens is 3. The molecule has 2 unspecified atom stereocenters. The number of amides is 3. The number of urea groups is 1. The fourth-order valence-electron chi connectivity index (χ4n) is 3.32. The summed E-state index contributed by atoms with van der Waals surface area (Å²) in [6.45, 7) is 2.67. The van der Waals surface area contributed by atoms with Gasteiger partial charge in [0.1, 0.15) is 5.82 Å². The van der Waals surface area contributed by atoms with Crippen molar-refractivity contribution in [3.8, 4) is 0 Å². The maximum atomic E-state index is 13.0. The standard InChI is InChI=1S/C16H19F3N6O2/c1-9(14(26)21-15(20)27)24-6-2-3-10(7-24)13-23-22-12-5-4-11(8-25(12)13)16(17,18)19/h4-5,8-10H,2-3,6-7H2,1H3,(H3,20,21,26,27). The van der Waals surface area contributed by atoms with Crippen LogP contribution in [0.3, 0.4) is 0 Å². The molecular weight excluding hydrogens is 365 g/mol. The van der Waals surface area contributed by atoms with E-state index in [4.69, 9.17) is 5.73 Å². The molecule has 3 rings (SSSR count). The zero-order chi connectivity index (χ0) is 19.8. The fraction of sp³-hybridized carbons (Fsp3) is 0.500. The van der Waals surface area contributed by atoms with Gasteiger partial charge in [0, 0.05) is 18.7 Å². The van der Waals surface area contributed by atoms with Crippen LogP contribution in [0.4, 0.5) is 18.0 Å². The summed E-state index contributed by atoms with van der Waals surface area (Å²) in [6, 6.07) is 0.717. The van der Waals surface area contributed by atoms with Crippen molar-refractivity contribution in [2.75, 3.05) is 13.1 Å². The molecule has 3 amide bonds. The molecule has 2 aromatic rings. The Labute approximate surface area is 152 Å². The Morgan fingerprint density at radius 2 is 2.07 bits per heavy atom. The highest BCUT2D eigenvalue weighted by Gasteiger charge is 2.33. The van der Waals surface area contributed by atoms with Crippen LogP contribution in [0.15, 0.2) is 18.3 Å². The Hall–Kier alpha value is -2.69. The van der Waals surface area contributed by atoms with E-state index in [1.54, 1.807) is 6.92 Å². The lowest BCUT2D eigenvalue weighted by atomic mass is 9.96. The second-order valence-corrected chi connectivity index (χ2v) is 6.57. The minimum Gasteiger partial charge on any atom is -0.351 e. The van der Waals surface area contributed by atoms with Crippen molar-refractivity contribution in [2.45, 2.75) is 37.9 Å². The topological polar surface area (TPSA) is 106 Å². The quantitative estimate of drug-likeness (QED) is 0.835. The monoisotopic (exact) mass is 384 g/mol. The number of alkyl halides is 3. The summed E-state index contributed by atoms with van der Waals surface area (Å²) in [6.07, 6.45) is -2.03. The summed E-state index contributed by atoms with van der Waals surface area (Å²) in [5.41, 5.74) is 4.52. The second-order valence-electron chi connectivity index (χ2n) is 6.57. The van der Waals surface area contributed by atoms with E-state index in [1.165, 1.54) is 10.5 Å². The summed E-state index contributed by atoms with van der Waals surface area (Å²) in [5, 5.41) is 10.1. The number of likely N-dealkylation sites (tertiary alicyclic amines) is 1. The third-order valence-corrected chi connectivity index (χ3v) is 4.75. The summed E-state index contributed by atoms with van der Waals surface area (Å²) in [7, 11) is 0. The molecule has 1 aliphatic heterocycles. The molecule has 0 aliphatic carbocycles. The number of rotatable bonds is 3. The molecule has 1 aliphatic rings. The van der Waals surface area contributed by atoms with Gasteiger partial charge in [-0.25, -0.2) is 4.79 Å². The average Bonchev–Trinajstić information content (AvgIpc) is 3.03. The Morgan fingerprint density at radius 1 is 1.33 bits per heavy atom. The van der Waals surface area contributed by atoms with Gasteiger partial charge in [-0.2, -0.15) is 13.2 Å². The van der Waals surface area contributed by atoms with Gasteiger partial charge < -0.3 is 5.73 Å². The van der Waals surface area contributed by atoms with Crippen molar-refractivity contribution in [1.29, 1.82) is 0 Å². The number of carbonyl (C=O) groups is 2. The van der Waals surface area contributed by atoms with Crippen LogP contribution in [0.2, 0.25) is 0 Å². The van der Waals surface area contributed by atoms with Gasteiger partial charge in [-0.1, -0.05) is 0 Å². The SMILES string of the molecule is CC(C(=O)NC(N)=O)N1CCCC(c2nnc3ccc(C(F)(F)F)cn23)C1. The highest BCUT2D eigenvalue weighted by atomic mass is 19.4. The summed E-state index contributed by atoms with van der Waals surface area (Å²) < 4.78 is 40.4. The van der Waals surface area contributed by atoms with Gasteiger partial charge in [-0.15, -0.1) is 10.2 Å². The number of fused-ring (bicyclic) bond motifs is 1. The van der Waals surface area contributed by atoms with Gasteiger partial charge in [-0.3, -0.25) is 19.4 Å². The summed E-state index contributed by atoms with van der Waals surface area (Å²) >= 11 is 0. The van der Waals surface area contributed by atoms with Gasteiger partial charge in [0.2, 0.25) is 5.91 Å². The Balaban J connectivity index is 1.84. The van der Waals surface area contributed by atoms with Crippen LogP contribution in [0.1, 0.15) is 37.1 Å². The van der Waals surface area contributed by atoms with Crippen molar-refractivity contribution >= 4 is 17.6 Å². The Bertz CT molecular complexity index is 865. The highest BCUT2D eigenvalue weighted by molar-refractivity contribution is 5.96. The number of nitrogens with two attached hydrogens (primary N) is 1. The van der Waals surface area contributed by atoms with Crippen LogP contribution in [0.25, 0.3) is 5.65 Å². The maximum absolute atomic E-state index is 13.0. The third-order valence-electron chi connectivity index (χ3n) is 4.75. The van der Waals surface area contributed by atoms with E-state index >= 15 is 0 Å². The van der Waals surface area contributed by atoms with Crippen LogP contribution in [0.5, 0.6) is 0 Å². The van der Waals surface area contributed by atoms with Gasteiger partial charge in [-0.05, 0) is 38.4 Å². The third kappa shape index (κ3) is 4.02. The average molecular weight is 384 g/mol. The smallest absolute Gasteiger partial charge is 0.351 e. The maximum Gasteiger partial charge on any atom is 0.417 e. The molecular formula is C16H19F3N6O2. The minimum atomic E-state index is -4.46. The van der Waals surface area contributed by atoms with Crippen molar-refractivity contribution < 1.29 is 22.8 Å². The molecule has 0 radical (unpaired) electrons. The Morgan fingerprint density at radius 3 is 2.74 bits per heavy atom. The van der Waals surface area contributed by atoms with E-state index in [2.05, 4.69) is 10.2 Å². The number of nitrogens with zero attached hydrogens (tertiary/aromatic N) is 4. The number of hydrogen-bond donors (Lipinski definition) is 2. The molecule has 146 valence electrons. The first-order valence-electron chi connectivity index (χ1n) is 8.43. The molecule has 0 spiro atoms. The van der Waals surface area contributed by atoms with E-state index in [0.29, 0.717) is 31.0 Å². The number of piperidine rings is 1. The number of hydrogen-bond acceptors (Lipinski definition) is 5. The minimum absolute atomic E-state index is 0.193. The van der Waals surface area contributed by atoms with Crippen molar-refractivity contribution in [3.05, 3.63) is 29.7 Å². The normalized spacial score (nSPS) is 19.8. The lowest BCUT2D eigenvalue weighted by molar-refractivity contribution is -0.137. The van der Waals surface area contributed by atoms with Gasteiger partial charge in [0.05, 0.1) is 11.6 Å². The number of imide groups is 1. The van der Waals surface area contributed by atoms with Gasteiger partial charge >= 0.3 is 12.2 Å². The fourth-order valence-corrected chi connectivity index (χ4v) is 3.32. The summed E-state index contributed by atoms with van der Waals surface area (Å²) in [4.78, 5) is 24.7. The molecule has 27 heavy (non-hydrogen) atoms. The molecule has 0 bridgehead atoms.